The lowest BCUT2D eigenvalue weighted by atomic mass is 9.53. The SMILES string of the molecule is CC(C)c1cccc(C(C)C)c1N1C=[N+](C23CC4CC(CC(C4)C2)C3)CC1. The molecule has 1 aliphatic heterocycles. The number of para-hydroxylation sites is 1. The average Bonchev–Trinajstić information content (AvgIpc) is 3.10. The lowest BCUT2D eigenvalue weighted by Gasteiger charge is -2.55. The third-order valence-electron chi connectivity index (χ3n) is 8.11. The van der Waals surface area contributed by atoms with Crippen LogP contribution in [-0.4, -0.2) is 29.5 Å². The highest BCUT2D eigenvalue weighted by molar-refractivity contribution is 5.81. The molecule has 1 heterocycles. The zero-order valence-corrected chi connectivity index (χ0v) is 17.7. The van der Waals surface area contributed by atoms with Crippen LogP contribution in [0.1, 0.15) is 89.2 Å². The summed E-state index contributed by atoms with van der Waals surface area (Å²) in [5.41, 5.74) is 5.04. The molecule has 146 valence electrons. The highest BCUT2D eigenvalue weighted by Gasteiger charge is 2.55. The Morgan fingerprint density at radius 3 is 1.89 bits per heavy atom. The predicted octanol–water partition coefficient (Wildman–Crippen LogP) is 5.76. The van der Waals surface area contributed by atoms with Crippen molar-refractivity contribution < 1.29 is 4.58 Å². The van der Waals surface area contributed by atoms with E-state index in [4.69, 9.17) is 0 Å². The highest BCUT2D eigenvalue weighted by atomic mass is 15.3. The predicted molar refractivity (Wildman–Crippen MR) is 114 cm³/mol. The molecule has 5 aliphatic rings. The maximum atomic E-state index is 2.80. The maximum absolute atomic E-state index is 2.80. The summed E-state index contributed by atoms with van der Waals surface area (Å²) in [6, 6.07) is 6.97. The topological polar surface area (TPSA) is 6.25 Å². The van der Waals surface area contributed by atoms with Gasteiger partial charge in [0, 0.05) is 11.1 Å². The van der Waals surface area contributed by atoms with Crippen molar-refractivity contribution in [3.05, 3.63) is 29.3 Å². The van der Waals surface area contributed by atoms with E-state index in [1.54, 1.807) is 0 Å². The molecule has 27 heavy (non-hydrogen) atoms. The second-order valence-corrected chi connectivity index (χ2v) is 10.7. The number of benzene rings is 1. The Bertz CT molecular complexity index is 696. The Kier molecular flexibility index (Phi) is 4.18. The number of hydrogen-bond donors (Lipinski definition) is 0. The summed E-state index contributed by atoms with van der Waals surface area (Å²) in [6.07, 6.45) is 11.5. The minimum absolute atomic E-state index is 0.494. The van der Waals surface area contributed by atoms with E-state index in [1.165, 1.54) is 61.9 Å². The van der Waals surface area contributed by atoms with Crippen molar-refractivity contribution in [1.82, 2.24) is 0 Å². The van der Waals surface area contributed by atoms with Crippen LogP contribution < -0.4 is 4.90 Å². The van der Waals surface area contributed by atoms with Gasteiger partial charge in [0.05, 0.1) is 0 Å². The number of nitrogens with zero attached hydrogens (tertiary/aromatic N) is 2. The van der Waals surface area contributed by atoms with E-state index in [0.29, 0.717) is 17.4 Å². The van der Waals surface area contributed by atoms with E-state index in [-0.39, 0.29) is 0 Å². The van der Waals surface area contributed by atoms with Crippen molar-refractivity contribution >= 4 is 12.0 Å². The molecule has 4 aliphatic carbocycles. The molecule has 0 N–H and O–H groups in total. The van der Waals surface area contributed by atoms with Gasteiger partial charge in [-0.05, 0) is 68.1 Å². The fourth-order valence-corrected chi connectivity index (χ4v) is 7.29. The van der Waals surface area contributed by atoms with Gasteiger partial charge in [-0.3, -0.25) is 4.58 Å². The van der Waals surface area contributed by atoms with Gasteiger partial charge in [-0.1, -0.05) is 45.9 Å². The molecule has 2 heteroatoms. The van der Waals surface area contributed by atoms with Crippen molar-refractivity contribution in [3.63, 3.8) is 0 Å². The van der Waals surface area contributed by atoms with Crippen LogP contribution in [0.2, 0.25) is 0 Å². The van der Waals surface area contributed by atoms with Gasteiger partial charge in [0.1, 0.15) is 24.3 Å². The van der Waals surface area contributed by atoms with Crippen molar-refractivity contribution in [1.29, 1.82) is 0 Å². The molecule has 0 atom stereocenters. The normalized spacial score (nSPS) is 34.8. The quantitative estimate of drug-likeness (QED) is 0.615. The third kappa shape index (κ3) is 2.86. The van der Waals surface area contributed by atoms with Gasteiger partial charge in [-0.15, -0.1) is 0 Å². The van der Waals surface area contributed by atoms with Crippen LogP contribution in [0.15, 0.2) is 18.2 Å². The third-order valence-corrected chi connectivity index (χ3v) is 8.11. The molecular weight excluding hydrogens is 328 g/mol. The first-order valence-electron chi connectivity index (χ1n) is 11.5. The van der Waals surface area contributed by atoms with Crippen LogP contribution in [0.4, 0.5) is 5.69 Å². The highest BCUT2D eigenvalue weighted by Crippen LogP contribution is 2.57. The van der Waals surface area contributed by atoms with Crippen LogP contribution >= 0.6 is 0 Å². The lowest BCUT2D eigenvalue weighted by molar-refractivity contribution is -0.614. The first kappa shape index (κ1) is 17.8. The van der Waals surface area contributed by atoms with E-state index in [9.17, 15) is 0 Å². The Labute approximate surface area is 165 Å². The standard InChI is InChI=1S/C25H37N2/c1-17(2)22-6-5-7-23(18(3)4)24(22)26-8-9-27(16-26)25-13-19-10-20(14-25)12-21(11-19)15-25/h5-7,16-21H,8-15H2,1-4H3/q+1. The minimum atomic E-state index is 0.494. The maximum Gasteiger partial charge on any atom is 0.240 e. The monoisotopic (exact) mass is 365 g/mol. The largest absolute Gasteiger partial charge is 0.259 e. The number of hydrogen-bond acceptors (Lipinski definition) is 1. The summed E-state index contributed by atoms with van der Waals surface area (Å²) in [6.45, 7) is 11.7. The van der Waals surface area contributed by atoms with E-state index in [2.05, 4.69) is 61.7 Å². The van der Waals surface area contributed by atoms with E-state index < -0.39 is 0 Å². The van der Waals surface area contributed by atoms with E-state index in [1.807, 2.05) is 0 Å². The van der Waals surface area contributed by atoms with Gasteiger partial charge >= 0.3 is 0 Å². The smallest absolute Gasteiger partial charge is 0.240 e. The molecule has 4 fully saturated rings. The summed E-state index contributed by atoms with van der Waals surface area (Å²) in [7, 11) is 0. The van der Waals surface area contributed by atoms with Gasteiger partial charge in [0.15, 0.2) is 0 Å². The lowest BCUT2D eigenvalue weighted by Crippen LogP contribution is -2.56. The van der Waals surface area contributed by atoms with Gasteiger partial charge in [-0.25, -0.2) is 4.90 Å². The molecule has 0 aromatic heterocycles. The summed E-state index contributed by atoms with van der Waals surface area (Å²) < 4.78 is 2.80. The summed E-state index contributed by atoms with van der Waals surface area (Å²) in [4.78, 5) is 2.61. The number of anilines is 1. The van der Waals surface area contributed by atoms with Crippen LogP contribution in [0.25, 0.3) is 0 Å². The zero-order valence-electron chi connectivity index (χ0n) is 17.7. The Hall–Kier alpha value is -1.31. The molecule has 0 saturated heterocycles. The van der Waals surface area contributed by atoms with Crippen molar-refractivity contribution in [2.24, 2.45) is 17.8 Å². The molecule has 6 rings (SSSR count). The summed E-state index contributed by atoms with van der Waals surface area (Å²) >= 11 is 0. The van der Waals surface area contributed by atoms with Gasteiger partial charge in [0.2, 0.25) is 6.34 Å². The van der Waals surface area contributed by atoms with Crippen molar-refractivity contribution in [2.75, 3.05) is 18.0 Å². The molecule has 4 bridgehead atoms. The van der Waals surface area contributed by atoms with Crippen molar-refractivity contribution in [2.45, 2.75) is 83.6 Å². The molecule has 1 aromatic rings. The molecule has 0 spiro atoms. The Morgan fingerprint density at radius 1 is 0.889 bits per heavy atom. The Morgan fingerprint density at radius 2 is 1.41 bits per heavy atom. The van der Waals surface area contributed by atoms with E-state index in [0.717, 1.165) is 24.3 Å². The van der Waals surface area contributed by atoms with E-state index >= 15 is 0 Å². The summed E-state index contributed by atoms with van der Waals surface area (Å²) in [5.74, 6) is 4.20. The Balaban J connectivity index is 1.51. The first-order valence-corrected chi connectivity index (χ1v) is 11.5. The average molecular weight is 366 g/mol. The summed E-state index contributed by atoms with van der Waals surface area (Å²) in [5, 5.41) is 0. The number of rotatable bonds is 4. The molecule has 0 radical (unpaired) electrons. The van der Waals surface area contributed by atoms with Crippen LogP contribution in [-0.2, 0) is 0 Å². The minimum Gasteiger partial charge on any atom is -0.259 e. The molecule has 0 unspecified atom stereocenters. The van der Waals surface area contributed by atoms with Crippen LogP contribution in [0.3, 0.4) is 0 Å². The second-order valence-electron chi connectivity index (χ2n) is 10.7. The fraction of sp³-hybridized carbons (Fsp3) is 0.720. The fourth-order valence-electron chi connectivity index (χ4n) is 7.29. The zero-order chi connectivity index (χ0) is 18.8. The van der Waals surface area contributed by atoms with Crippen LogP contribution in [0, 0.1) is 17.8 Å². The molecule has 2 nitrogen and oxygen atoms in total. The van der Waals surface area contributed by atoms with Crippen molar-refractivity contribution in [3.8, 4) is 0 Å². The van der Waals surface area contributed by atoms with Gasteiger partial charge < -0.3 is 0 Å². The van der Waals surface area contributed by atoms with Gasteiger partial charge in [-0.2, -0.15) is 0 Å². The second kappa shape index (κ2) is 6.36. The molecule has 1 aromatic carbocycles. The molecule has 4 saturated carbocycles. The van der Waals surface area contributed by atoms with Crippen LogP contribution in [0.5, 0.6) is 0 Å². The molecule has 0 amide bonds. The van der Waals surface area contributed by atoms with Gasteiger partial charge in [0.25, 0.3) is 0 Å². The molecular formula is C25H37N2+. The first-order chi connectivity index (χ1) is 12.9.